The van der Waals surface area contributed by atoms with Gasteiger partial charge in [-0.1, -0.05) is 84.4 Å². The predicted molar refractivity (Wildman–Crippen MR) is 147 cm³/mol. The van der Waals surface area contributed by atoms with Gasteiger partial charge in [0.1, 0.15) is 6.61 Å². The highest BCUT2D eigenvalue weighted by atomic mass is 79.9. The number of carbonyl (C=O) groups is 2. The molecule has 0 amide bonds. The number of hydrogen-bond donors (Lipinski definition) is 0. The molecular weight excluding hydrogens is 532 g/mol. The second kappa shape index (κ2) is 12.4. The van der Waals surface area contributed by atoms with Gasteiger partial charge in [0.05, 0.1) is 16.6 Å². The second-order valence-corrected chi connectivity index (χ2v) is 9.29. The molecular formula is C31H27BrO5. The average Bonchev–Trinajstić information content (AvgIpc) is 2.92. The van der Waals surface area contributed by atoms with Crippen LogP contribution >= 0.6 is 15.9 Å². The van der Waals surface area contributed by atoms with Gasteiger partial charge in [-0.15, -0.1) is 0 Å². The van der Waals surface area contributed by atoms with Crippen molar-refractivity contribution in [3.63, 3.8) is 0 Å². The van der Waals surface area contributed by atoms with Crippen molar-refractivity contribution in [2.45, 2.75) is 20.5 Å². The third-order valence-electron chi connectivity index (χ3n) is 5.70. The Kier molecular flexibility index (Phi) is 8.75. The Morgan fingerprint density at radius 2 is 1.46 bits per heavy atom. The topological polar surface area (TPSA) is 61.8 Å². The number of carbonyl (C=O) groups excluding carboxylic acids is 2. The third kappa shape index (κ3) is 6.86. The number of halogens is 1. The molecule has 188 valence electrons. The molecule has 0 aliphatic heterocycles. The van der Waals surface area contributed by atoms with Crippen LogP contribution in [0.25, 0.3) is 11.1 Å². The zero-order chi connectivity index (χ0) is 26.2. The highest BCUT2D eigenvalue weighted by Gasteiger charge is 2.18. The summed E-state index contributed by atoms with van der Waals surface area (Å²) in [6.45, 7) is 4.26. The van der Waals surface area contributed by atoms with Crippen molar-refractivity contribution < 1.29 is 23.8 Å². The molecule has 4 aromatic carbocycles. The summed E-state index contributed by atoms with van der Waals surface area (Å²) >= 11 is 3.48. The average molecular weight is 559 g/mol. The van der Waals surface area contributed by atoms with Crippen molar-refractivity contribution in [2.24, 2.45) is 0 Å². The lowest BCUT2D eigenvalue weighted by Gasteiger charge is -2.15. The van der Waals surface area contributed by atoms with E-state index in [1.165, 1.54) is 5.56 Å². The monoisotopic (exact) mass is 558 g/mol. The van der Waals surface area contributed by atoms with Gasteiger partial charge in [-0.2, -0.15) is 0 Å². The minimum Gasteiger partial charge on any atom is -0.490 e. The van der Waals surface area contributed by atoms with E-state index in [-0.39, 0.29) is 18.0 Å². The molecule has 0 spiro atoms. The molecule has 0 fully saturated rings. The molecule has 37 heavy (non-hydrogen) atoms. The molecule has 5 nitrogen and oxygen atoms in total. The number of hydrogen-bond acceptors (Lipinski definition) is 5. The Labute approximate surface area is 225 Å². The minimum atomic E-state index is -0.624. The molecule has 0 radical (unpaired) electrons. The van der Waals surface area contributed by atoms with Gasteiger partial charge in [-0.05, 0) is 58.6 Å². The fourth-order valence-electron chi connectivity index (χ4n) is 3.71. The molecule has 0 saturated heterocycles. The maximum absolute atomic E-state index is 12.8. The summed E-state index contributed by atoms with van der Waals surface area (Å²) in [5, 5.41) is 0. The number of aryl methyl sites for hydroxylation is 1. The quantitative estimate of drug-likeness (QED) is 0.149. The van der Waals surface area contributed by atoms with Crippen LogP contribution in [0.2, 0.25) is 0 Å². The molecule has 0 saturated carbocycles. The van der Waals surface area contributed by atoms with Crippen LogP contribution in [0.5, 0.6) is 11.5 Å². The number of ketones is 1. The Bertz CT molecular complexity index is 1360. The van der Waals surface area contributed by atoms with E-state index in [0.29, 0.717) is 34.7 Å². The van der Waals surface area contributed by atoms with E-state index in [1.807, 2.05) is 80.6 Å². The van der Waals surface area contributed by atoms with E-state index < -0.39 is 5.97 Å². The standard InChI is InChI=1S/C31H27BrO5/c1-3-35-29-18-26(17-27(32)30(29)36-19-22-11-9-21(2)10-12-22)31(34)37-20-28(33)25-15-13-24(14-16-25)23-7-5-4-6-8-23/h4-18H,3,19-20H2,1-2H3. The Hall–Kier alpha value is -3.90. The summed E-state index contributed by atoms with van der Waals surface area (Å²) in [4.78, 5) is 25.4. The molecule has 0 aliphatic carbocycles. The van der Waals surface area contributed by atoms with Gasteiger partial charge in [0.15, 0.2) is 23.9 Å². The van der Waals surface area contributed by atoms with Crippen LogP contribution in [0.1, 0.15) is 38.8 Å². The largest absolute Gasteiger partial charge is 0.490 e. The molecule has 4 aromatic rings. The SMILES string of the molecule is CCOc1cc(C(=O)OCC(=O)c2ccc(-c3ccccc3)cc2)cc(Br)c1OCc1ccc(C)cc1. The fraction of sp³-hybridized carbons (Fsp3) is 0.161. The highest BCUT2D eigenvalue weighted by molar-refractivity contribution is 9.10. The van der Waals surface area contributed by atoms with Crippen LogP contribution in [0.15, 0.2) is 95.5 Å². The lowest BCUT2D eigenvalue weighted by molar-refractivity contribution is 0.0474. The Balaban J connectivity index is 1.41. The molecule has 0 unspecified atom stereocenters. The summed E-state index contributed by atoms with van der Waals surface area (Å²) in [6.07, 6.45) is 0. The number of benzene rings is 4. The maximum atomic E-state index is 12.8. The van der Waals surface area contributed by atoms with Gasteiger partial charge in [0, 0.05) is 5.56 Å². The molecule has 0 N–H and O–H groups in total. The van der Waals surface area contributed by atoms with Crippen molar-refractivity contribution in [2.75, 3.05) is 13.2 Å². The van der Waals surface area contributed by atoms with Crippen LogP contribution in [0.3, 0.4) is 0 Å². The van der Waals surface area contributed by atoms with Gasteiger partial charge in [-0.25, -0.2) is 4.79 Å². The summed E-state index contributed by atoms with van der Waals surface area (Å²) in [5.41, 5.74) is 4.99. The van der Waals surface area contributed by atoms with Crippen molar-refractivity contribution in [1.29, 1.82) is 0 Å². The van der Waals surface area contributed by atoms with E-state index in [2.05, 4.69) is 15.9 Å². The summed E-state index contributed by atoms with van der Waals surface area (Å²) in [6, 6.07) is 28.4. The first-order valence-electron chi connectivity index (χ1n) is 11.9. The maximum Gasteiger partial charge on any atom is 0.338 e. The highest BCUT2D eigenvalue weighted by Crippen LogP contribution is 2.37. The van der Waals surface area contributed by atoms with Crippen LogP contribution < -0.4 is 9.47 Å². The third-order valence-corrected chi connectivity index (χ3v) is 6.29. The van der Waals surface area contributed by atoms with Gasteiger partial charge >= 0.3 is 5.97 Å². The molecule has 6 heteroatoms. The number of ether oxygens (including phenoxy) is 3. The first kappa shape index (κ1) is 26.2. The molecule has 0 heterocycles. The predicted octanol–water partition coefficient (Wildman–Crippen LogP) is 7.44. The van der Waals surface area contributed by atoms with E-state index in [9.17, 15) is 9.59 Å². The molecule has 4 rings (SSSR count). The van der Waals surface area contributed by atoms with E-state index in [1.54, 1.807) is 24.3 Å². The first-order valence-corrected chi connectivity index (χ1v) is 12.7. The van der Waals surface area contributed by atoms with Crippen molar-refractivity contribution >= 4 is 27.7 Å². The van der Waals surface area contributed by atoms with Gasteiger partial charge in [0.25, 0.3) is 0 Å². The smallest absolute Gasteiger partial charge is 0.338 e. The van der Waals surface area contributed by atoms with Crippen molar-refractivity contribution in [3.8, 4) is 22.6 Å². The van der Waals surface area contributed by atoms with Gasteiger partial charge in [-0.3, -0.25) is 4.79 Å². The summed E-state index contributed by atoms with van der Waals surface area (Å²) in [5.74, 6) is 0.00317. The van der Waals surface area contributed by atoms with Crippen LogP contribution in [-0.4, -0.2) is 25.0 Å². The minimum absolute atomic E-state index is 0.255. The number of esters is 1. The van der Waals surface area contributed by atoms with Crippen LogP contribution in [0, 0.1) is 6.92 Å². The fourth-order valence-corrected chi connectivity index (χ4v) is 4.26. The molecule has 0 aliphatic rings. The van der Waals surface area contributed by atoms with E-state index >= 15 is 0 Å². The van der Waals surface area contributed by atoms with Crippen molar-refractivity contribution in [3.05, 3.63) is 118 Å². The summed E-state index contributed by atoms with van der Waals surface area (Å²) < 4.78 is 17.6. The van der Waals surface area contributed by atoms with E-state index in [4.69, 9.17) is 14.2 Å². The summed E-state index contributed by atoms with van der Waals surface area (Å²) in [7, 11) is 0. The second-order valence-electron chi connectivity index (χ2n) is 8.44. The van der Waals surface area contributed by atoms with Crippen LogP contribution in [-0.2, 0) is 11.3 Å². The van der Waals surface area contributed by atoms with Gasteiger partial charge < -0.3 is 14.2 Å². The molecule has 0 bridgehead atoms. The number of Topliss-reactive ketones (excluding diaryl/α,β-unsaturated/α-hetero) is 1. The van der Waals surface area contributed by atoms with E-state index in [0.717, 1.165) is 16.7 Å². The lowest BCUT2D eigenvalue weighted by atomic mass is 10.0. The lowest BCUT2D eigenvalue weighted by Crippen LogP contribution is -2.14. The molecule has 0 atom stereocenters. The normalized spacial score (nSPS) is 10.6. The van der Waals surface area contributed by atoms with Crippen molar-refractivity contribution in [1.82, 2.24) is 0 Å². The Morgan fingerprint density at radius 1 is 0.784 bits per heavy atom. The van der Waals surface area contributed by atoms with Crippen LogP contribution in [0.4, 0.5) is 0 Å². The molecule has 0 aromatic heterocycles. The Morgan fingerprint density at radius 3 is 2.14 bits per heavy atom. The zero-order valence-corrected chi connectivity index (χ0v) is 22.3. The first-order chi connectivity index (χ1) is 17.9. The van der Waals surface area contributed by atoms with Gasteiger partial charge in [0.2, 0.25) is 0 Å². The number of rotatable bonds is 10. The zero-order valence-electron chi connectivity index (χ0n) is 20.7.